The van der Waals surface area contributed by atoms with Gasteiger partial charge in [-0.3, -0.25) is 0 Å². The van der Waals surface area contributed by atoms with Crippen molar-refractivity contribution in [3.8, 4) is 6.07 Å². The lowest BCUT2D eigenvalue weighted by molar-refractivity contribution is 0.696. The van der Waals surface area contributed by atoms with E-state index in [0.29, 0.717) is 6.04 Å². The number of aryl methyl sites for hydroxylation is 1. The summed E-state index contributed by atoms with van der Waals surface area (Å²) in [5.41, 5.74) is 2.96. The summed E-state index contributed by atoms with van der Waals surface area (Å²) in [6, 6.07) is 8.71. The minimum Gasteiger partial charge on any atom is -0.380 e. The van der Waals surface area contributed by atoms with Crippen LogP contribution < -0.4 is 10.6 Å². The smallest absolute Gasteiger partial charge is 0.101 e. The number of rotatable bonds is 2. The van der Waals surface area contributed by atoms with Gasteiger partial charge in [-0.15, -0.1) is 0 Å². The van der Waals surface area contributed by atoms with Crippen LogP contribution in [-0.4, -0.2) is 19.1 Å². The second-order valence-electron chi connectivity index (χ2n) is 4.77. The predicted molar refractivity (Wildman–Crippen MR) is 63.2 cm³/mol. The minimum absolute atomic E-state index is 0.578. The molecule has 0 spiro atoms. The van der Waals surface area contributed by atoms with Gasteiger partial charge in [-0.2, -0.15) is 5.26 Å². The molecule has 1 aliphatic heterocycles. The molecule has 2 unspecified atom stereocenters. The van der Waals surface area contributed by atoms with Crippen LogP contribution in [0.2, 0.25) is 0 Å². The number of hydrogen-bond acceptors (Lipinski definition) is 3. The number of hydrogen-bond donors (Lipinski definition) is 2. The number of nitrogens with one attached hydrogen (secondary N) is 2. The molecule has 1 saturated carbocycles. The van der Waals surface area contributed by atoms with Crippen molar-refractivity contribution < 1.29 is 0 Å². The van der Waals surface area contributed by atoms with E-state index in [1.807, 2.05) is 12.1 Å². The van der Waals surface area contributed by atoms with Gasteiger partial charge in [0, 0.05) is 19.1 Å². The SMILES string of the molecule is Cc1cccc(C#N)c1NC1C2CNCC21. The highest BCUT2D eigenvalue weighted by atomic mass is 15.1. The first-order valence-corrected chi connectivity index (χ1v) is 5.78. The first-order valence-electron chi connectivity index (χ1n) is 5.78. The average molecular weight is 213 g/mol. The molecule has 0 radical (unpaired) electrons. The van der Waals surface area contributed by atoms with E-state index in [2.05, 4.69) is 29.7 Å². The van der Waals surface area contributed by atoms with Crippen molar-refractivity contribution in [1.82, 2.24) is 5.32 Å². The highest BCUT2D eigenvalue weighted by Crippen LogP contribution is 2.44. The van der Waals surface area contributed by atoms with Crippen molar-refractivity contribution in [1.29, 1.82) is 5.26 Å². The topological polar surface area (TPSA) is 47.9 Å². The summed E-state index contributed by atoms with van der Waals surface area (Å²) in [6.07, 6.45) is 0. The Morgan fingerprint density at radius 2 is 2.12 bits per heavy atom. The lowest BCUT2D eigenvalue weighted by Gasteiger charge is -2.13. The molecular weight excluding hydrogens is 198 g/mol. The zero-order chi connectivity index (χ0) is 11.1. The second-order valence-corrected chi connectivity index (χ2v) is 4.77. The van der Waals surface area contributed by atoms with Crippen molar-refractivity contribution in [2.45, 2.75) is 13.0 Å². The van der Waals surface area contributed by atoms with E-state index in [1.165, 1.54) is 0 Å². The Kier molecular flexibility index (Phi) is 2.12. The van der Waals surface area contributed by atoms with E-state index in [9.17, 15) is 0 Å². The van der Waals surface area contributed by atoms with Gasteiger partial charge in [0.1, 0.15) is 6.07 Å². The van der Waals surface area contributed by atoms with Crippen LogP contribution in [0.25, 0.3) is 0 Å². The molecule has 1 heterocycles. The Hall–Kier alpha value is -1.53. The second kappa shape index (κ2) is 3.50. The van der Waals surface area contributed by atoms with E-state index in [-0.39, 0.29) is 0 Å². The van der Waals surface area contributed by atoms with Gasteiger partial charge >= 0.3 is 0 Å². The maximum atomic E-state index is 9.08. The third-order valence-electron chi connectivity index (χ3n) is 3.80. The van der Waals surface area contributed by atoms with Gasteiger partial charge in [-0.25, -0.2) is 0 Å². The summed E-state index contributed by atoms with van der Waals surface area (Å²) in [5, 5.41) is 16.0. The Bertz CT molecular complexity index is 451. The van der Waals surface area contributed by atoms with Crippen molar-refractivity contribution in [3.63, 3.8) is 0 Å². The van der Waals surface area contributed by atoms with Crippen LogP contribution in [0.15, 0.2) is 18.2 Å². The Morgan fingerprint density at radius 3 is 2.81 bits per heavy atom. The van der Waals surface area contributed by atoms with Crippen molar-refractivity contribution in [2.24, 2.45) is 11.8 Å². The number of anilines is 1. The van der Waals surface area contributed by atoms with Crippen LogP contribution in [0.5, 0.6) is 0 Å². The zero-order valence-electron chi connectivity index (χ0n) is 9.33. The van der Waals surface area contributed by atoms with E-state index in [1.54, 1.807) is 0 Å². The molecule has 3 heteroatoms. The molecule has 3 nitrogen and oxygen atoms in total. The van der Waals surface area contributed by atoms with Crippen molar-refractivity contribution >= 4 is 5.69 Å². The van der Waals surface area contributed by atoms with Crippen LogP contribution in [0, 0.1) is 30.1 Å². The van der Waals surface area contributed by atoms with E-state index in [4.69, 9.17) is 5.26 Å². The molecule has 0 amide bonds. The Morgan fingerprint density at radius 1 is 1.38 bits per heavy atom. The predicted octanol–water partition coefficient (Wildman–Crippen LogP) is 1.50. The maximum absolute atomic E-state index is 9.08. The first kappa shape index (κ1) is 9.68. The maximum Gasteiger partial charge on any atom is 0.101 e. The number of nitrogens with zero attached hydrogens (tertiary/aromatic N) is 1. The summed E-state index contributed by atoms with van der Waals surface area (Å²) in [6.45, 7) is 4.30. The number of benzene rings is 1. The lowest BCUT2D eigenvalue weighted by atomic mass is 10.1. The zero-order valence-corrected chi connectivity index (χ0v) is 9.33. The summed E-state index contributed by atoms with van der Waals surface area (Å²) in [4.78, 5) is 0. The fourth-order valence-corrected chi connectivity index (χ4v) is 2.75. The quantitative estimate of drug-likeness (QED) is 0.782. The largest absolute Gasteiger partial charge is 0.380 e. The molecule has 2 N–H and O–H groups in total. The summed E-state index contributed by atoms with van der Waals surface area (Å²) >= 11 is 0. The number of piperidine rings is 1. The van der Waals surface area contributed by atoms with E-state index < -0.39 is 0 Å². The van der Waals surface area contributed by atoms with Crippen LogP contribution in [0.4, 0.5) is 5.69 Å². The lowest BCUT2D eigenvalue weighted by Crippen LogP contribution is -2.22. The molecule has 2 atom stereocenters. The summed E-state index contributed by atoms with van der Waals surface area (Å²) in [5.74, 6) is 1.54. The normalized spacial score (nSPS) is 30.6. The van der Waals surface area contributed by atoms with Gasteiger partial charge in [0.15, 0.2) is 0 Å². The fraction of sp³-hybridized carbons (Fsp3) is 0.462. The summed E-state index contributed by atoms with van der Waals surface area (Å²) < 4.78 is 0. The third-order valence-corrected chi connectivity index (χ3v) is 3.80. The standard InChI is InChI=1S/C13H15N3/c1-8-3-2-4-9(5-14)12(8)16-13-10-6-15-7-11(10)13/h2-4,10-11,13,15-16H,6-7H2,1H3. The molecule has 1 aromatic rings. The molecule has 82 valence electrons. The molecule has 2 fully saturated rings. The first-order chi connectivity index (χ1) is 7.81. The highest BCUT2D eigenvalue weighted by Gasteiger charge is 2.53. The molecule has 1 aromatic carbocycles. The van der Waals surface area contributed by atoms with Gasteiger partial charge in [-0.05, 0) is 30.4 Å². The van der Waals surface area contributed by atoms with Gasteiger partial charge in [0.2, 0.25) is 0 Å². The average Bonchev–Trinajstić information content (AvgIpc) is 2.75. The fourth-order valence-electron chi connectivity index (χ4n) is 2.75. The number of fused-ring (bicyclic) bond motifs is 1. The highest BCUT2D eigenvalue weighted by molar-refractivity contribution is 5.63. The minimum atomic E-state index is 0.578. The Labute approximate surface area is 95.5 Å². The Balaban J connectivity index is 1.82. The van der Waals surface area contributed by atoms with Crippen LogP contribution in [-0.2, 0) is 0 Å². The van der Waals surface area contributed by atoms with Crippen LogP contribution in [0.3, 0.4) is 0 Å². The molecule has 2 aliphatic rings. The molecule has 0 aromatic heterocycles. The molecule has 16 heavy (non-hydrogen) atoms. The van der Waals surface area contributed by atoms with Crippen molar-refractivity contribution in [2.75, 3.05) is 18.4 Å². The summed E-state index contributed by atoms with van der Waals surface area (Å²) in [7, 11) is 0. The molecular formula is C13H15N3. The van der Waals surface area contributed by atoms with Gasteiger partial charge in [0.05, 0.1) is 11.3 Å². The monoisotopic (exact) mass is 213 g/mol. The van der Waals surface area contributed by atoms with E-state index in [0.717, 1.165) is 41.7 Å². The molecule has 0 bridgehead atoms. The van der Waals surface area contributed by atoms with Crippen LogP contribution >= 0.6 is 0 Å². The van der Waals surface area contributed by atoms with Crippen LogP contribution in [0.1, 0.15) is 11.1 Å². The number of para-hydroxylation sites is 1. The molecule has 1 aliphatic carbocycles. The molecule has 1 saturated heterocycles. The number of nitriles is 1. The van der Waals surface area contributed by atoms with Gasteiger partial charge < -0.3 is 10.6 Å². The van der Waals surface area contributed by atoms with Gasteiger partial charge in [-0.1, -0.05) is 12.1 Å². The molecule has 3 rings (SSSR count). The third kappa shape index (κ3) is 1.38. The van der Waals surface area contributed by atoms with E-state index >= 15 is 0 Å². The van der Waals surface area contributed by atoms with Crippen molar-refractivity contribution in [3.05, 3.63) is 29.3 Å². The van der Waals surface area contributed by atoms with Gasteiger partial charge in [0.25, 0.3) is 0 Å².